The van der Waals surface area contributed by atoms with Crippen molar-refractivity contribution in [2.45, 2.75) is 37.3 Å². The van der Waals surface area contributed by atoms with Gasteiger partial charge in [0.2, 0.25) is 5.91 Å². The van der Waals surface area contributed by atoms with E-state index in [1.54, 1.807) is 0 Å². The van der Waals surface area contributed by atoms with Crippen LogP contribution >= 0.6 is 0 Å². The molecule has 0 aliphatic heterocycles. The molecule has 0 fully saturated rings. The molecule has 0 bridgehead atoms. The Morgan fingerprint density at radius 2 is 1.54 bits per heavy atom. The lowest BCUT2D eigenvalue weighted by Gasteiger charge is -2.28. The number of likely N-dealkylation sites (N-methyl/N-ethyl adjacent to an activating group) is 1. The maximum Gasteiger partial charge on any atom is 0.222 e. The van der Waals surface area contributed by atoms with Crippen LogP contribution < -0.4 is 0 Å². The third kappa shape index (κ3) is 6.43. The Balaban J connectivity index is 2.49. The summed E-state index contributed by atoms with van der Waals surface area (Å²) in [6, 6.07) is 4.93. The number of amides is 1. The van der Waals surface area contributed by atoms with Gasteiger partial charge in [-0.1, -0.05) is 0 Å². The molecule has 8 nitrogen and oxygen atoms in total. The quantitative estimate of drug-likeness (QED) is 0.321. The summed E-state index contributed by atoms with van der Waals surface area (Å²) in [5.74, 6) is -1.30. The van der Waals surface area contributed by atoms with Crippen LogP contribution in [0.5, 0.6) is 0 Å². The molecule has 0 aliphatic rings. The molecular weight excluding hydrogens is 349 g/mol. The van der Waals surface area contributed by atoms with Crippen molar-refractivity contribution in [1.82, 2.24) is 4.90 Å². The summed E-state index contributed by atoms with van der Waals surface area (Å²) < 4.78 is 12.8. The first-order valence-corrected chi connectivity index (χ1v) is 8.03. The summed E-state index contributed by atoms with van der Waals surface area (Å²) >= 11 is 0. The molecule has 1 rings (SSSR count). The van der Waals surface area contributed by atoms with Crippen molar-refractivity contribution in [1.29, 1.82) is 0 Å². The zero-order valence-electron chi connectivity index (χ0n) is 14.3. The van der Waals surface area contributed by atoms with Crippen LogP contribution in [0.2, 0.25) is 0 Å². The monoisotopic (exact) mass is 373 g/mol. The molecule has 0 heterocycles. The van der Waals surface area contributed by atoms with Crippen LogP contribution in [0, 0.1) is 5.82 Å². The largest absolute Gasteiger partial charge is 0.394 e. The molecule has 26 heavy (non-hydrogen) atoms. The maximum atomic E-state index is 12.8. The van der Waals surface area contributed by atoms with Gasteiger partial charge in [-0.05, 0) is 24.3 Å². The Bertz CT molecular complexity index is 595. The normalized spacial score (nSPS) is 15.8. The molecule has 1 amide bonds. The minimum Gasteiger partial charge on any atom is -0.394 e. The summed E-state index contributed by atoms with van der Waals surface area (Å²) in [5.41, 5.74) is 0.276. The SMILES string of the molecule is CN(CC(O)C(O)C(O)C(O)CO)C(=O)CCC(=O)c1ccc(F)cc1. The number of nitrogens with zero attached hydrogens (tertiary/aromatic N) is 1. The summed E-state index contributed by atoms with van der Waals surface area (Å²) in [5, 5.41) is 47.0. The number of Topliss-reactive ketones (excluding diaryl/α,β-unsaturated/α-hetero) is 1. The van der Waals surface area contributed by atoms with E-state index in [0.717, 1.165) is 17.0 Å². The van der Waals surface area contributed by atoms with Gasteiger partial charge in [-0.2, -0.15) is 0 Å². The van der Waals surface area contributed by atoms with Gasteiger partial charge in [-0.3, -0.25) is 9.59 Å². The van der Waals surface area contributed by atoms with E-state index in [1.165, 1.54) is 19.2 Å². The van der Waals surface area contributed by atoms with E-state index in [-0.39, 0.29) is 30.7 Å². The van der Waals surface area contributed by atoms with Gasteiger partial charge >= 0.3 is 0 Å². The van der Waals surface area contributed by atoms with Crippen LogP contribution in [0.25, 0.3) is 0 Å². The van der Waals surface area contributed by atoms with Gasteiger partial charge in [-0.15, -0.1) is 0 Å². The molecule has 0 spiro atoms. The van der Waals surface area contributed by atoms with Gasteiger partial charge in [0, 0.05) is 32.0 Å². The topological polar surface area (TPSA) is 139 Å². The Labute approximate surface area is 150 Å². The Morgan fingerprint density at radius 3 is 2.08 bits per heavy atom. The van der Waals surface area contributed by atoms with Crippen molar-refractivity contribution in [2.24, 2.45) is 0 Å². The lowest BCUT2D eigenvalue weighted by atomic mass is 10.0. The van der Waals surface area contributed by atoms with Gasteiger partial charge in [0.05, 0.1) is 6.61 Å². The number of aliphatic hydroxyl groups is 5. The highest BCUT2D eigenvalue weighted by atomic mass is 19.1. The molecular formula is C17H24FNO7. The molecule has 1 aromatic carbocycles. The summed E-state index contributed by atoms with van der Waals surface area (Å²) in [7, 11) is 1.34. The van der Waals surface area contributed by atoms with Crippen molar-refractivity contribution in [3.63, 3.8) is 0 Å². The van der Waals surface area contributed by atoms with Gasteiger partial charge in [0.25, 0.3) is 0 Å². The molecule has 4 unspecified atom stereocenters. The fraction of sp³-hybridized carbons (Fsp3) is 0.529. The minimum absolute atomic E-state index is 0.112. The average Bonchev–Trinajstić information content (AvgIpc) is 2.64. The van der Waals surface area contributed by atoms with Gasteiger partial charge in [-0.25, -0.2) is 4.39 Å². The van der Waals surface area contributed by atoms with Crippen molar-refractivity contribution in [2.75, 3.05) is 20.2 Å². The second kappa shape index (κ2) is 10.3. The first-order valence-electron chi connectivity index (χ1n) is 8.03. The van der Waals surface area contributed by atoms with Crippen molar-refractivity contribution in [3.8, 4) is 0 Å². The van der Waals surface area contributed by atoms with Gasteiger partial charge in [0.15, 0.2) is 5.78 Å². The zero-order valence-corrected chi connectivity index (χ0v) is 14.3. The van der Waals surface area contributed by atoms with E-state index in [2.05, 4.69) is 0 Å². The van der Waals surface area contributed by atoms with E-state index in [4.69, 9.17) is 5.11 Å². The number of carbonyl (C=O) groups is 2. The summed E-state index contributed by atoms with van der Waals surface area (Å²) in [6.45, 7) is -1.15. The highest BCUT2D eigenvalue weighted by Crippen LogP contribution is 2.10. The second-order valence-electron chi connectivity index (χ2n) is 6.00. The first-order chi connectivity index (χ1) is 12.2. The fourth-order valence-electron chi connectivity index (χ4n) is 2.25. The Kier molecular flexibility index (Phi) is 8.76. The lowest BCUT2D eigenvalue weighted by molar-refractivity contribution is -0.137. The van der Waals surface area contributed by atoms with Crippen LogP contribution in [0.1, 0.15) is 23.2 Å². The zero-order chi connectivity index (χ0) is 19.9. The Hall–Kier alpha value is -1.91. The fourth-order valence-corrected chi connectivity index (χ4v) is 2.25. The molecule has 0 saturated heterocycles. The van der Waals surface area contributed by atoms with Gasteiger partial charge < -0.3 is 30.4 Å². The lowest BCUT2D eigenvalue weighted by Crippen LogP contribution is -2.50. The van der Waals surface area contributed by atoms with Crippen LogP contribution in [0.3, 0.4) is 0 Å². The number of ketones is 1. The van der Waals surface area contributed by atoms with E-state index in [0.29, 0.717) is 0 Å². The standard InChI is InChI=1S/C17H24FNO7/c1-19(8-13(22)16(25)17(26)14(23)9-20)15(24)7-6-12(21)10-2-4-11(18)5-3-10/h2-5,13-14,16-17,20,22-23,25-26H,6-9H2,1H3. The molecule has 0 aromatic heterocycles. The number of aliphatic hydroxyl groups excluding tert-OH is 5. The third-order valence-electron chi connectivity index (χ3n) is 3.94. The highest BCUT2D eigenvalue weighted by molar-refractivity contribution is 5.97. The molecule has 146 valence electrons. The molecule has 4 atom stereocenters. The molecule has 1 aromatic rings. The third-order valence-corrected chi connectivity index (χ3v) is 3.94. The van der Waals surface area contributed by atoms with Crippen molar-refractivity contribution >= 4 is 11.7 Å². The predicted molar refractivity (Wildman–Crippen MR) is 88.7 cm³/mol. The maximum absolute atomic E-state index is 12.8. The highest BCUT2D eigenvalue weighted by Gasteiger charge is 2.31. The molecule has 0 aliphatic carbocycles. The van der Waals surface area contributed by atoms with Gasteiger partial charge in [0.1, 0.15) is 30.2 Å². The van der Waals surface area contributed by atoms with E-state index in [1.807, 2.05) is 0 Å². The number of carbonyl (C=O) groups excluding carboxylic acids is 2. The average molecular weight is 373 g/mol. The van der Waals surface area contributed by atoms with E-state index >= 15 is 0 Å². The molecule has 9 heteroatoms. The van der Waals surface area contributed by atoms with Crippen LogP contribution in [0.15, 0.2) is 24.3 Å². The number of benzene rings is 1. The number of hydrogen-bond acceptors (Lipinski definition) is 7. The van der Waals surface area contributed by atoms with E-state index < -0.39 is 42.7 Å². The molecule has 0 saturated carbocycles. The number of hydrogen-bond donors (Lipinski definition) is 5. The van der Waals surface area contributed by atoms with Crippen LogP contribution in [0.4, 0.5) is 4.39 Å². The van der Waals surface area contributed by atoms with Crippen molar-refractivity contribution in [3.05, 3.63) is 35.6 Å². The molecule has 5 N–H and O–H groups in total. The summed E-state index contributed by atoms with van der Waals surface area (Å²) in [6.07, 6.45) is -7.01. The minimum atomic E-state index is -1.78. The van der Waals surface area contributed by atoms with Crippen LogP contribution in [-0.2, 0) is 4.79 Å². The predicted octanol–water partition coefficient (Wildman–Crippen LogP) is -1.32. The van der Waals surface area contributed by atoms with Crippen LogP contribution in [-0.4, -0.2) is 86.7 Å². The first kappa shape index (κ1) is 22.1. The van der Waals surface area contributed by atoms with E-state index in [9.17, 15) is 34.4 Å². The smallest absolute Gasteiger partial charge is 0.222 e. The second-order valence-corrected chi connectivity index (χ2v) is 6.00. The molecule has 0 radical (unpaired) electrons. The number of halogens is 1. The number of rotatable bonds is 10. The summed E-state index contributed by atoms with van der Waals surface area (Å²) in [4.78, 5) is 25.0. The van der Waals surface area contributed by atoms with Crippen molar-refractivity contribution < 1.29 is 39.5 Å². The Morgan fingerprint density at radius 1 is 1.00 bits per heavy atom.